The zero-order chi connectivity index (χ0) is 10.9. The van der Waals surface area contributed by atoms with Crippen LogP contribution in [0.1, 0.15) is 31.6 Å². The van der Waals surface area contributed by atoms with Crippen LogP contribution in [0.15, 0.2) is 15.9 Å². The number of thiophene rings is 1. The maximum absolute atomic E-state index is 3.59. The largest absolute Gasteiger partial charge is 0.311 e. The quantitative estimate of drug-likeness (QED) is 0.862. The Morgan fingerprint density at radius 3 is 2.73 bits per heavy atom. The summed E-state index contributed by atoms with van der Waals surface area (Å²) in [4.78, 5) is 1.42. The first-order valence-electron chi connectivity index (χ1n) is 5.56. The standard InChI is InChI=1S/C12H18BrNS/c1-9(2)12(3-4-12)8-14-6-11-5-10(13)7-15-11/h5,7,9,14H,3-4,6,8H2,1-2H3. The fraction of sp³-hybridized carbons (Fsp3) is 0.667. The van der Waals surface area contributed by atoms with Crippen LogP contribution >= 0.6 is 27.3 Å². The highest BCUT2D eigenvalue weighted by Crippen LogP contribution is 2.51. The summed E-state index contributed by atoms with van der Waals surface area (Å²) in [6.45, 7) is 6.89. The molecule has 1 heterocycles. The van der Waals surface area contributed by atoms with Crippen LogP contribution in [0.4, 0.5) is 0 Å². The molecule has 0 atom stereocenters. The molecule has 0 unspecified atom stereocenters. The first-order chi connectivity index (χ1) is 7.12. The van der Waals surface area contributed by atoms with E-state index >= 15 is 0 Å². The van der Waals surface area contributed by atoms with Gasteiger partial charge in [-0.15, -0.1) is 11.3 Å². The molecule has 2 rings (SSSR count). The zero-order valence-electron chi connectivity index (χ0n) is 9.35. The minimum Gasteiger partial charge on any atom is -0.311 e. The van der Waals surface area contributed by atoms with E-state index in [0.29, 0.717) is 5.41 Å². The molecule has 1 fully saturated rings. The van der Waals surface area contributed by atoms with Crippen LogP contribution < -0.4 is 5.32 Å². The van der Waals surface area contributed by atoms with Crippen LogP contribution in [-0.4, -0.2) is 6.54 Å². The van der Waals surface area contributed by atoms with Crippen molar-refractivity contribution in [3.8, 4) is 0 Å². The van der Waals surface area contributed by atoms with Crippen molar-refractivity contribution in [2.24, 2.45) is 11.3 Å². The highest BCUT2D eigenvalue weighted by molar-refractivity contribution is 9.10. The van der Waals surface area contributed by atoms with E-state index in [0.717, 1.165) is 12.5 Å². The Morgan fingerprint density at radius 2 is 2.27 bits per heavy atom. The Hall–Kier alpha value is 0.140. The van der Waals surface area contributed by atoms with E-state index in [-0.39, 0.29) is 0 Å². The summed E-state index contributed by atoms with van der Waals surface area (Å²) >= 11 is 5.30. The van der Waals surface area contributed by atoms with Gasteiger partial charge < -0.3 is 5.32 Å². The molecule has 1 aliphatic rings. The van der Waals surface area contributed by atoms with E-state index in [4.69, 9.17) is 0 Å². The molecule has 0 aliphatic heterocycles. The maximum atomic E-state index is 3.59. The topological polar surface area (TPSA) is 12.0 Å². The molecule has 1 aromatic rings. The molecule has 1 aliphatic carbocycles. The Balaban J connectivity index is 1.76. The molecule has 1 N–H and O–H groups in total. The first-order valence-corrected chi connectivity index (χ1v) is 7.23. The SMILES string of the molecule is CC(C)C1(CNCc2cc(Br)cs2)CC1. The van der Waals surface area contributed by atoms with Crippen LogP contribution in [-0.2, 0) is 6.54 Å². The molecule has 0 saturated heterocycles. The first kappa shape index (κ1) is 11.6. The zero-order valence-corrected chi connectivity index (χ0v) is 11.7. The number of hydrogen-bond acceptors (Lipinski definition) is 2. The normalized spacial score (nSPS) is 18.4. The molecule has 0 spiro atoms. The fourth-order valence-electron chi connectivity index (χ4n) is 2.00. The van der Waals surface area contributed by atoms with Gasteiger partial charge in [-0.1, -0.05) is 13.8 Å². The van der Waals surface area contributed by atoms with E-state index < -0.39 is 0 Å². The molecule has 3 heteroatoms. The predicted molar refractivity (Wildman–Crippen MR) is 70.2 cm³/mol. The summed E-state index contributed by atoms with van der Waals surface area (Å²) < 4.78 is 1.20. The molecule has 1 nitrogen and oxygen atoms in total. The van der Waals surface area contributed by atoms with Gasteiger partial charge in [-0.25, -0.2) is 0 Å². The molecule has 0 aromatic carbocycles. The lowest BCUT2D eigenvalue weighted by atomic mass is 9.92. The van der Waals surface area contributed by atoms with E-state index in [1.807, 2.05) is 11.3 Å². The van der Waals surface area contributed by atoms with Gasteiger partial charge in [-0.2, -0.15) is 0 Å². The Bertz CT molecular complexity index is 328. The van der Waals surface area contributed by atoms with Crippen molar-refractivity contribution in [2.75, 3.05) is 6.54 Å². The predicted octanol–water partition coefficient (Wildman–Crippen LogP) is 4.04. The summed E-state index contributed by atoms with van der Waals surface area (Å²) in [7, 11) is 0. The molecular weight excluding hydrogens is 270 g/mol. The summed E-state index contributed by atoms with van der Waals surface area (Å²) in [5, 5.41) is 5.73. The van der Waals surface area contributed by atoms with Crippen molar-refractivity contribution in [1.29, 1.82) is 0 Å². The van der Waals surface area contributed by atoms with Crippen molar-refractivity contribution in [3.63, 3.8) is 0 Å². The second-order valence-corrected chi connectivity index (χ2v) is 6.76. The van der Waals surface area contributed by atoms with Gasteiger partial charge in [0.15, 0.2) is 0 Å². The van der Waals surface area contributed by atoms with Gasteiger partial charge in [-0.3, -0.25) is 0 Å². The van der Waals surface area contributed by atoms with Crippen molar-refractivity contribution in [1.82, 2.24) is 5.32 Å². The van der Waals surface area contributed by atoms with E-state index in [1.54, 1.807) is 0 Å². The molecule has 0 amide bonds. The average molecular weight is 288 g/mol. The van der Waals surface area contributed by atoms with Crippen LogP contribution in [0, 0.1) is 11.3 Å². The third-order valence-electron chi connectivity index (χ3n) is 3.52. The highest BCUT2D eigenvalue weighted by atomic mass is 79.9. The Labute approximate surface area is 104 Å². The van der Waals surface area contributed by atoms with E-state index in [2.05, 4.69) is 46.5 Å². The molecule has 1 aromatic heterocycles. The van der Waals surface area contributed by atoms with Crippen LogP contribution in [0.2, 0.25) is 0 Å². The molecule has 0 bridgehead atoms. The van der Waals surface area contributed by atoms with Gasteiger partial charge in [0.1, 0.15) is 0 Å². The number of nitrogens with one attached hydrogen (secondary N) is 1. The third kappa shape index (κ3) is 2.83. The minimum absolute atomic E-state index is 0.620. The molecule has 1 saturated carbocycles. The Morgan fingerprint density at radius 1 is 1.53 bits per heavy atom. The molecule has 84 valence electrons. The van der Waals surface area contributed by atoms with Gasteiger partial charge in [-0.05, 0) is 46.2 Å². The van der Waals surface area contributed by atoms with Crippen LogP contribution in [0.5, 0.6) is 0 Å². The van der Waals surface area contributed by atoms with Crippen LogP contribution in [0.3, 0.4) is 0 Å². The van der Waals surface area contributed by atoms with Crippen molar-refractivity contribution in [3.05, 3.63) is 20.8 Å². The smallest absolute Gasteiger partial charge is 0.0300 e. The lowest BCUT2D eigenvalue weighted by Crippen LogP contribution is -2.26. The molecule has 15 heavy (non-hydrogen) atoms. The summed E-state index contributed by atoms with van der Waals surface area (Å²) in [6.07, 6.45) is 2.82. The van der Waals surface area contributed by atoms with Gasteiger partial charge in [0.2, 0.25) is 0 Å². The van der Waals surface area contributed by atoms with Gasteiger partial charge in [0, 0.05) is 27.8 Å². The van der Waals surface area contributed by atoms with Crippen molar-refractivity contribution in [2.45, 2.75) is 33.2 Å². The van der Waals surface area contributed by atoms with Gasteiger partial charge >= 0.3 is 0 Å². The average Bonchev–Trinajstić information content (AvgIpc) is 2.86. The Kier molecular flexibility index (Phi) is 3.53. The maximum Gasteiger partial charge on any atom is 0.0300 e. The van der Waals surface area contributed by atoms with E-state index in [9.17, 15) is 0 Å². The third-order valence-corrected chi connectivity index (χ3v) is 5.21. The van der Waals surface area contributed by atoms with Crippen molar-refractivity contribution < 1.29 is 0 Å². The second kappa shape index (κ2) is 4.56. The minimum atomic E-state index is 0.620. The van der Waals surface area contributed by atoms with E-state index in [1.165, 1.54) is 28.7 Å². The van der Waals surface area contributed by atoms with Crippen LogP contribution in [0.25, 0.3) is 0 Å². The molecular formula is C12H18BrNS. The van der Waals surface area contributed by atoms with Gasteiger partial charge in [0.25, 0.3) is 0 Å². The number of rotatable bonds is 5. The second-order valence-electron chi connectivity index (χ2n) is 4.85. The lowest BCUT2D eigenvalue weighted by molar-refractivity contribution is 0.338. The summed E-state index contributed by atoms with van der Waals surface area (Å²) in [6, 6.07) is 2.20. The summed E-state index contributed by atoms with van der Waals surface area (Å²) in [5.41, 5.74) is 0.620. The fourth-order valence-corrected chi connectivity index (χ4v) is 3.42. The van der Waals surface area contributed by atoms with Gasteiger partial charge in [0.05, 0.1) is 0 Å². The number of halogens is 1. The van der Waals surface area contributed by atoms with Crippen molar-refractivity contribution >= 4 is 27.3 Å². The lowest BCUT2D eigenvalue weighted by Gasteiger charge is -2.19. The highest BCUT2D eigenvalue weighted by Gasteiger charge is 2.44. The number of hydrogen-bond donors (Lipinski definition) is 1. The molecule has 0 radical (unpaired) electrons. The summed E-state index contributed by atoms with van der Waals surface area (Å²) in [5.74, 6) is 0.820. The monoisotopic (exact) mass is 287 g/mol.